The van der Waals surface area contributed by atoms with Crippen molar-refractivity contribution in [1.29, 1.82) is 0 Å². The Labute approximate surface area is 106 Å². The SMILES string of the molecule is CC(CCC(=O)O)c1ccc2c(c1)CCC(=O)N2. The monoisotopic (exact) mass is 247 g/mol. The summed E-state index contributed by atoms with van der Waals surface area (Å²) in [7, 11) is 0. The molecular formula is C14H17NO3. The van der Waals surface area contributed by atoms with Gasteiger partial charge in [-0.2, -0.15) is 0 Å². The van der Waals surface area contributed by atoms with Gasteiger partial charge in [0.25, 0.3) is 0 Å². The molecule has 1 heterocycles. The molecule has 2 N–H and O–H groups in total. The van der Waals surface area contributed by atoms with Crippen LogP contribution in [0.1, 0.15) is 43.2 Å². The van der Waals surface area contributed by atoms with Crippen molar-refractivity contribution in [2.75, 3.05) is 5.32 Å². The standard InChI is InChI=1S/C14H17NO3/c1-9(2-7-14(17)18)10-3-5-12-11(8-10)4-6-13(16)15-12/h3,5,8-9H,2,4,6-7H2,1H3,(H,15,16)(H,17,18). The second kappa shape index (κ2) is 5.21. The average molecular weight is 247 g/mol. The minimum atomic E-state index is -0.757. The highest BCUT2D eigenvalue weighted by molar-refractivity contribution is 5.93. The molecule has 0 spiro atoms. The zero-order valence-electron chi connectivity index (χ0n) is 10.4. The maximum Gasteiger partial charge on any atom is 0.303 e. The fourth-order valence-corrected chi connectivity index (χ4v) is 2.22. The molecule has 4 nitrogen and oxygen atoms in total. The van der Waals surface area contributed by atoms with Crippen LogP contribution in [0.5, 0.6) is 0 Å². The van der Waals surface area contributed by atoms with Crippen LogP contribution in [0, 0.1) is 0 Å². The Hall–Kier alpha value is -1.84. The quantitative estimate of drug-likeness (QED) is 0.859. The number of anilines is 1. The molecule has 18 heavy (non-hydrogen) atoms. The van der Waals surface area contributed by atoms with Gasteiger partial charge in [-0.15, -0.1) is 0 Å². The van der Waals surface area contributed by atoms with E-state index in [0.717, 1.165) is 23.2 Å². The number of carbonyl (C=O) groups excluding carboxylic acids is 1. The number of hydrogen-bond acceptors (Lipinski definition) is 2. The van der Waals surface area contributed by atoms with Gasteiger partial charge in [0.1, 0.15) is 0 Å². The number of carboxylic acid groups (broad SMARTS) is 1. The third-order valence-corrected chi connectivity index (χ3v) is 3.39. The number of fused-ring (bicyclic) bond motifs is 1. The lowest BCUT2D eigenvalue weighted by molar-refractivity contribution is -0.137. The van der Waals surface area contributed by atoms with Crippen LogP contribution in [0.3, 0.4) is 0 Å². The van der Waals surface area contributed by atoms with Crippen LogP contribution >= 0.6 is 0 Å². The normalized spacial score (nSPS) is 15.7. The Bertz CT molecular complexity index is 482. The third-order valence-electron chi connectivity index (χ3n) is 3.39. The molecule has 0 saturated carbocycles. The Morgan fingerprint density at radius 3 is 2.94 bits per heavy atom. The van der Waals surface area contributed by atoms with Crippen molar-refractivity contribution in [3.8, 4) is 0 Å². The van der Waals surface area contributed by atoms with Crippen molar-refractivity contribution in [2.24, 2.45) is 0 Å². The first-order chi connectivity index (χ1) is 8.56. The molecule has 4 heteroatoms. The molecule has 1 aliphatic rings. The lowest BCUT2D eigenvalue weighted by Gasteiger charge is -2.19. The van der Waals surface area contributed by atoms with Gasteiger partial charge < -0.3 is 10.4 Å². The Morgan fingerprint density at radius 1 is 1.44 bits per heavy atom. The molecule has 1 unspecified atom stereocenters. The van der Waals surface area contributed by atoms with Gasteiger partial charge in [0.2, 0.25) is 5.91 Å². The molecule has 96 valence electrons. The van der Waals surface area contributed by atoms with Crippen molar-refractivity contribution in [2.45, 2.75) is 38.5 Å². The average Bonchev–Trinajstić information content (AvgIpc) is 2.35. The predicted molar refractivity (Wildman–Crippen MR) is 68.7 cm³/mol. The molecule has 2 rings (SSSR count). The fraction of sp³-hybridized carbons (Fsp3) is 0.429. The molecular weight excluding hydrogens is 230 g/mol. The summed E-state index contributed by atoms with van der Waals surface area (Å²) in [5.41, 5.74) is 3.18. The van der Waals surface area contributed by atoms with Crippen LogP contribution in [0.2, 0.25) is 0 Å². The summed E-state index contributed by atoms with van der Waals surface area (Å²) in [6, 6.07) is 5.97. The highest BCUT2D eigenvalue weighted by Gasteiger charge is 2.16. The number of carboxylic acids is 1. The van der Waals surface area contributed by atoms with Crippen molar-refractivity contribution < 1.29 is 14.7 Å². The largest absolute Gasteiger partial charge is 0.481 e. The number of amides is 1. The summed E-state index contributed by atoms with van der Waals surface area (Å²) in [5.74, 6) is -0.467. The van der Waals surface area contributed by atoms with Gasteiger partial charge in [0.15, 0.2) is 0 Å². The van der Waals surface area contributed by atoms with Crippen LogP contribution in [-0.2, 0) is 16.0 Å². The summed E-state index contributed by atoms with van der Waals surface area (Å²) in [5, 5.41) is 11.5. The number of benzene rings is 1. The van der Waals surface area contributed by atoms with E-state index in [4.69, 9.17) is 5.11 Å². The minimum Gasteiger partial charge on any atom is -0.481 e. The van der Waals surface area contributed by atoms with E-state index >= 15 is 0 Å². The van der Waals surface area contributed by atoms with Gasteiger partial charge in [0.05, 0.1) is 0 Å². The van der Waals surface area contributed by atoms with Crippen molar-refractivity contribution in [3.05, 3.63) is 29.3 Å². The van der Waals surface area contributed by atoms with Crippen LogP contribution in [-0.4, -0.2) is 17.0 Å². The zero-order chi connectivity index (χ0) is 13.1. The molecule has 1 atom stereocenters. The van der Waals surface area contributed by atoms with Crippen LogP contribution < -0.4 is 5.32 Å². The van der Waals surface area contributed by atoms with E-state index in [9.17, 15) is 9.59 Å². The predicted octanol–water partition coefficient (Wildman–Crippen LogP) is 2.54. The number of nitrogens with one attached hydrogen (secondary N) is 1. The maximum atomic E-state index is 11.2. The third kappa shape index (κ3) is 2.88. The second-order valence-corrected chi connectivity index (χ2v) is 4.80. The van der Waals surface area contributed by atoms with Gasteiger partial charge in [-0.05, 0) is 36.0 Å². The first-order valence-electron chi connectivity index (χ1n) is 6.20. The molecule has 1 aromatic rings. The first kappa shape index (κ1) is 12.6. The highest BCUT2D eigenvalue weighted by Crippen LogP contribution is 2.28. The summed E-state index contributed by atoms with van der Waals surface area (Å²) < 4.78 is 0. The van der Waals surface area contributed by atoms with E-state index in [1.165, 1.54) is 0 Å². The van der Waals surface area contributed by atoms with Gasteiger partial charge in [-0.25, -0.2) is 0 Å². The molecule has 0 radical (unpaired) electrons. The molecule has 0 fully saturated rings. The van der Waals surface area contributed by atoms with E-state index in [1.807, 2.05) is 19.1 Å². The fourth-order valence-electron chi connectivity index (χ4n) is 2.22. The van der Waals surface area contributed by atoms with Crippen molar-refractivity contribution >= 4 is 17.6 Å². The Balaban J connectivity index is 2.11. The van der Waals surface area contributed by atoms with Gasteiger partial charge in [-0.1, -0.05) is 19.1 Å². The molecule has 1 aliphatic heterocycles. The van der Waals surface area contributed by atoms with E-state index in [2.05, 4.69) is 11.4 Å². The lowest BCUT2D eigenvalue weighted by atomic mass is 9.92. The number of rotatable bonds is 4. The van der Waals surface area contributed by atoms with Gasteiger partial charge >= 0.3 is 5.97 Å². The number of hydrogen-bond donors (Lipinski definition) is 2. The minimum absolute atomic E-state index is 0.0641. The smallest absolute Gasteiger partial charge is 0.303 e. The molecule has 0 aliphatic carbocycles. The van der Waals surface area contributed by atoms with E-state index in [1.54, 1.807) is 0 Å². The molecule has 0 bridgehead atoms. The number of aliphatic carboxylic acids is 1. The van der Waals surface area contributed by atoms with Gasteiger partial charge in [-0.3, -0.25) is 9.59 Å². The van der Waals surface area contributed by atoms with Crippen LogP contribution in [0.25, 0.3) is 0 Å². The summed E-state index contributed by atoms with van der Waals surface area (Å²) in [4.78, 5) is 21.8. The highest BCUT2D eigenvalue weighted by atomic mass is 16.4. The van der Waals surface area contributed by atoms with E-state index in [0.29, 0.717) is 12.8 Å². The van der Waals surface area contributed by atoms with Crippen molar-refractivity contribution in [1.82, 2.24) is 0 Å². The van der Waals surface area contributed by atoms with Crippen LogP contribution in [0.4, 0.5) is 5.69 Å². The topological polar surface area (TPSA) is 66.4 Å². The Morgan fingerprint density at radius 2 is 2.22 bits per heavy atom. The first-order valence-corrected chi connectivity index (χ1v) is 6.20. The van der Waals surface area contributed by atoms with Crippen molar-refractivity contribution in [3.63, 3.8) is 0 Å². The molecule has 0 aromatic heterocycles. The van der Waals surface area contributed by atoms with E-state index < -0.39 is 5.97 Å². The van der Waals surface area contributed by atoms with E-state index in [-0.39, 0.29) is 18.2 Å². The Kier molecular flexibility index (Phi) is 3.65. The lowest BCUT2D eigenvalue weighted by Crippen LogP contribution is -2.19. The second-order valence-electron chi connectivity index (χ2n) is 4.80. The van der Waals surface area contributed by atoms with Gasteiger partial charge in [0, 0.05) is 18.5 Å². The molecule has 0 saturated heterocycles. The summed E-state index contributed by atoms with van der Waals surface area (Å²) in [6.45, 7) is 2.03. The summed E-state index contributed by atoms with van der Waals surface area (Å²) >= 11 is 0. The molecule has 1 amide bonds. The van der Waals surface area contributed by atoms with Crippen LogP contribution in [0.15, 0.2) is 18.2 Å². The molecule has 1 aromatic carbocycles. The summed E-state index contributed by atoms with van der Waals surface area (Å²) in [6.07, 6.45) is 2.12. The zero-order valence-corrected chi connectivity index (χ0v) is 10.4. The number of aryl methyl sites for hydroxylation is 1. The maximum absolute atomic E-state index is 11.2. The number of carbonyl (C=O) groups is 2.